The molecule has 5 nitrogen and oxygen atoms in total. The number of hydrogen-bond donors (Lipinski definition) is 1. The van der Waals surface area contributed by atoms with Crippen LogP contribution in [0.15, 0.2) is 52.7 Å². The monoisotopic (exact) mass is 420 g/mol. The maximum atomic E-state index is 12.2. The Labute approximate surface area is 172 Å². The standard InChI is InChI=1S/C19H18Cl2N4OS/c1-25(2)15-6-3-12(4-7-15)11-22-24-19-23-18(26)17(27-19)10-13-9-14(20)5-8-16(13)21/h3-9,11,17H,10H2,1-2H3,(H,23,24,26)/b22-11+. The zero-order valence-corrected chi connectivity index (χ0v) is 17.1. The van der Waals surface area contributed by atoms with E-state index in [2.05, 4.69) is 15.5 Å². The van der Waals surface area contributed by atoms with Gasteiger partial charge < -0.3 is 10.2 Å². The van der Waals surface area contributed by atoms with E-state index in [1.807, 2.05) is 43.3 Å². The molecule has 1 fully saturated rings. The van der Waals surface area contributed by atoms with Crippen molar-refractivity contribution in [2.45, 2.75) is 11.7 Å². The predicted octanol–water partition coefficient (Wildman–Crippen LogP) is 4.22. The average molecular weight is 421 g/mol. The highest BCUT2D eigenvalue weighted by Crippen LogP contribution is 2.28. The molecule has 1 aliphatic rings. The molecule has 0 saturated carbocycles. The molecule has 1 heterocycles. The Morgan fingerprint density at radius 2 is 1.93 bits per heavy atom. The molecule has 2 aromatic carbocycles. The molecule has 8 heteroatoms. The summed E-state index contributed by atoms with van der Waals surface area (Å²) in [4.78, 5) is 14.2. The average Bonchev–Trinajstić information content (AvgIpc) is 2.98. The number of rotatable bonds is 5. The van der Waals surface area contributed by atoms with E-state index in [1.165, 1.54) is 11.8 Å². The summed E-state index contributed by atoms with van der Waals surface area (Å²) in [6.07, 6.45) is 2.13. The molecule has 1 aliphatic heterocycles. The lowest BCUT2D eigenvalue weighted by Crippen LogP contribution is -2.26. The molecular weight excluding hydrogens is 403 g/mol. The van der Waals surface area contributed by atoms with Gasteiger partial charge in [0.25, 0.3) is 0 Å². The van der Waals surface area contributed by atoms with Gasteiger partial charge in [0, 0.05) is 29.8 Å². The molecule has 3 rings (SSSR count). The Morgan fingerprint density at radius 3 is 2.63 bits per heavy atom. The van der Waals surface area contributed by atoms with Crippen LogP contribution in [0.4, 0.5) is 5.69 Å². The zero-order valence-electron chi connectivity index (χ0n) is 14.8. The Morgan fingerprint density at radius 1 is 1.19 bits per heavy atom. The van der Waals surface area contributed by atoms with Crippen LogP contribution in [0.3, 0.4) is 0 Å². The molecule has 1 amide bonds. The van der Waals surface area contributed by atoms with Crippen LogP contribution >= 0.6 is 35.0 Å². The Bertz CT molecular complexity index is 897. The van der Waals surface area contributed by atoms with E-state index in [-0.39, 0.29) is 11.2 Å². The van der Waals surface area contributed by atoms with Crippen molar-refractivity contribution >= 4 is 57.9 Å². The lowest BCUT2D eigenvalue weighted by molar-refractivity contribution is -0.118. The fraction of sp³-hybridized carbons (Fsp3) is 0.211. The molecule has 0 spiro atoms. The molecule has 0 radical (unpaired) electrons. The van der Waals surface area contributed by atoms with Crippen molar-refractivity contribution < 1.29 is 4.79 Å². The predicted molar refractivity (Wildman–Crippen MR) is 115 cm³/mol. The second-order valence-corrected chi connectivity index (χ2v) is 8.21. The van der Waals surface area contributed by atoms with Crippen molar-refractivity contribution in [3.63, 3.8) is 0 Å². The SMILES string of the molecule is CN(C)c1ccc(/C=N/N=C2\NC(=O)C(Cc3cc(Cl)ccc3Cl)S2)cc1. The van der Waals surface area contributed by atoms with Crippen LogP contribution in [0, 0.1) is 0 Å². The lowest BCUT2D eigenvalue weighted by atomic mass is 10.1. The minimum Gasteiger partial charge on any atom is -0.378 e. The van der Waals surface area contributed by atoms with E-state index in [0.29, 0.717) is 21.6 Å². The number of benzene rings is 2. The van der Waals surface area contributed by atoms with Gasteiger partial charge in [-0.15, -0.1) is 5.10 Å². The van der Waals surface area contributed by atoms with Gasteiger partial charge in [0.2, 0.25) is 5.91 Å². The molecule has 140 valence electrons. The van der Waals surface area contributed by atoms with Crippen molar-refractivity contribution in [3.05, 3.63) is 63.6 Å². The number of halogens is 2. The molecule has 0 aromatic heterocycles. The zero-order chi connectivity index (χ0) is 19.4. The smallest absolute Gasteiger partial charge is 0.239 e. The number of anilines is 1. The van der Waals surface area contributed by atoms with Crippen LogP contribution in [0.1, 0.15) is 11.1 Å². The van der Waals surface area contributed by atoms with E-state index >= 15 is 0 Å². The molecule has 0 aliphatic carbocycles. The minimum absolute atomic E-state index is 0.111. The maximum absolute atomic E-state index is 12.2. The molecule has 1 unspecified atom stereocenters. The number of nitrogens with one attached hydrogen (secondary N) is 1. The van der Waals surface area contributed by atoms with Crippen LogP contribution in [0.5, 0.6) is 0 Å². The van der Waals surface area contributed by atoms with Crippen LogP contribution in [0.25, 0.3) is 0 Å². The fourth-order valence-electron chi connectivity index (χ4n) is 2.49. The number of nitrogens with zero attached hydrogens (tertiary/aromatic N) is 3. The van der Waals surface area contributed by atoms with E-state index < -0.39 is 0 Å². The molecule has 1 atom stereocenters. The number of hydrogen-bond acceptors (Lipinski definition) is 5. The summed E-state index contributed by atoms with van der Waals surface area (Å²) in [5, 5.41) is 12.3. The number of carbonyl (C=O) groups excluding carboxylic acids is 1. The van der Waals surface area contributed by atoms with Gasteiger partial charge in [-0.2, -0.15) is 5.10 Å². The summed E-state index contributed by atoms with van der Waals surface area (Å²) in [5.41, 5.74) is 2.88. The quantitative estimate of drug-likeness (QED) is 0.581. The van der Waals surface area contributed by atoms with Crippen molar-refractivity contribution in [1.82, 2.24) is 5.32 Å². The van der Waals surface area contributed by atoms with E-state index in [0.717, 1.165) is 16.8 Å². The second-order valence-electron chi connectivity index (χ2n) is 6.17. The van der Waals surface area contributed by atoms with Gasteiger partial charge in [0.05, 0.1) is 11.5 Å². The Balaban J connectivity index is 1.63. The fourth-order valence-corrected chi connectivity index (χ4v) is 3.83. The number of carbonyl (C=O) groups is 1. The van der Waals surface area contributed by atoms with Crippen molar-refractivity contribution in [1.29, 1.82) is 0 Å². The van der Waals surface area contributed by atoms with Crippen LogP contribution < -0.4 is 10.2 Å². The Hall–Kier alpha value is -2.02. The van der Waals surface area contributed by atoms with Gasteiger partial charge >= 0.3 is 0 Å². The normalized spacial score (nSPS) is 18.3. The lowest BCUT2D eigenvalue weighted by Gasteiger charge is -2.11. The van der Waals surface area contributed by atoms with Gasteiger partial charge in [0.15, 0.2) is 5.17 Å². The van der Waals surface area contributed by atoms with Gasteiger partial charge in [-0.1, -0.05) is 47.1 Å². The van der Waals surface area contributed by atoms with Crippen molar-refractivity contribution in [3.8, 4) is 0 Å². The van der Waals surface area contributed by atoms with Gasteiger partial charge in [-0.25, -0.2) is 0 Å². The molecule has 2 aromatic rings. The summed E-state index contributed by atoms with van der Waals surface area (Å²) in [7, 11) is 3.98. The Kier molecular flexibility index (Phi) is 6.42. The number of thioether (sulfide) groups is 1. The second kappa shape index (κ2) is 8.78. The highest BCUT2D eigenvalue weighted by Gasteiger charge is 2.31. The first-order valence-corrected chi connectivity index (χ1v) is 9.86. The van der Waals surface area contributed by atoms with Gasteiger partial charge in [-0.05, 0) is 47.9 Å². The highest BCUT2D eigenvalue weighted by atomic mass is 35.5. The third-order valence-electron chi connectivity index (χ3n) is 3.95. The molecule has 0 bridgehead atoms. The van der Waals surface area contributed by atoms with Gasteiger partial charge in [0.1, 0.15) is 0 Å². The van der Waals surface area contributed by atoms with E-state index in [1.54, 1.807) is 24.4 Å². The van der Waals surface area contributed by atoms with Crippen molar-refractivity contribution in [2.75, 3.05) is 19.0 Å². The minimum atomic E-state index is -0.311. The summed E-state index contributed by atoms with van der Waals surface area (Å²) >= 11 is 13.5. The molecule has 1 saturated heterocycles. The number of amides is 1. The molecular formula is C19H18Cl2N4OS. The largest absolute Gasteiger partial charge is 0.378 e. The third-order valence-corrected chi connectivity index (χ3v) is 5.63. The van der Waals surface area contributed by atoms with Crippen LogP contribution in [-0.4, -0.2) is 36.6 Å². The summed E-state index contributed by atoms with van der Waals surface area (Å²) in [6.45, 7) is 0. The highest BCUT2D eigenvalue weighted by molar-refractivity contribution is 8.15. The van der Waals surface area contributed by atoms with Crippen LogP contribution in [0.2, 0.25) is 10.0 Å². The molecule has 1 N–H and O–H groups in total. The van der Waals surface area contributed by atoms with Crippen LogP contribution in [-0.2, 0) is 11.2 Å². The third kappa shape index (κ3) is 5.25. The summed E-state index contributed by atoms with van der Waals surface area (Å²) in [5.74, 6) is -0.111. The summed E-state index contributed by atoms with van der Waals surface area (Å²) in [6, 6.07) is 13.2. The first-order chi connectivity index (χ1) is 12.9. The number of amidine groups is 1. The first kappa shape index (κ1) is 19.7. The van der Waals surface area contributed by atoms with E-state index in [4.69, 9.17) is 23.2 Å². The summed E-state index contributed by atoms with van der Waals surface area (Å²) < 4.78 is 0. The first-order valence-electron chi connectivity index (χ1n) is 8.22. The van der Waals surface area contributed by atoms with E-state index in [9.17, 15) is 4.79 Å². The van der Waals surface area contributed by atoms with Crippen molar-refractivity contribution in [2.24, 2.45) is 10.2 Å². The maximum Gasteiger partial charge on any atom is 0.239 e. The van der Waals surface area contributed by atoms with Gasteiger partial charge in [-0.3, -0.25) is 4.79 Å². The molecule has 27 heavy (non-hydrogen) atoms. The topological polar surface area (TPSA) is 57.1 Å².